The number of carbonyl (C=O) groups is 3. The quantitative estimate of drug-likeness (QED) is 0.0191. The molecule has 0 spiro atoms. The molecule has 0 atom stereocenters. The lowest BCUT2D eigenvalue weighted by Gasteiger charge is -2.18. The van der Waals surface area contributed by atoms with Crippen molar-refractivity contribution >= 4 is 72.7 Å². The van der Waals surface area contributed by atoms with Gasteiger partial charge < -0.3 is 82.6 Å². The molecule has 26 nitrogen and oxygen atoms in total. The largest absolute Gasteiger partial charge is 0.491 e. The van der Waals surface area contributed by atoms with Crippen molar-refractivity contribution in [3.8, 4) is 52.5 Å². The monoisotopic (exact) mass is 1100 g/mol. The van der Waals surface area contributed by atoms with E-state index >= 15 is 0 Å². The number of hydrogen-bond donors (Lipinski definition) is 5. The first-order chi connectivity index (χ1) is 38.1. The number of esters is 3. The molecule has 4 heterocycles. The molecule has 0 amide bonds. The number of aliphatic hydroxyl groups excluding tert-OH is 2. The first-order valence-corrected chi connectivity index (χ1v) is 23.5. The van der Waals surface area contributed by atoms with Gasteiger partial charge in [-0.05, 0) is 106 Å². The highest BCUT2D eigenvalue weighted by Crippen LogP contribution is 2.33. The van der Waals surface area contributed by atoms with E-state index in [0.717, 1.165) is 5.56 Å². The molecule has 412 valence electrons. The first-order valence-electron chi connectivity index (χ1n) is 23.5. The lowest BCUT2D eigenvalue weighted by molar-refractivity contribution is -0.142. The number of aliphatic hydroxyl groups is 2. The highest BCUT2D eigenvalue weighted by Gasteiger charge is 2.30. The lowest BCUT2D eigenvalue weighted by atomic mass is 9.69. The number of rotatable bonds is 24. The molecule has 7 rings (SSSR count). The highest BCUT2D eigenvalue weighted by atomic mass is 16.6. The van der Waals surface area contributed by atoms with Crippen molar-refractivity contribution in [1.29, 1.82) is 0 Å². The van der Waals surface area contributed by atoms with Crippen LogP contribution in [0.4, 0.5) is 17.1 Å². The Balaban J connectivity index is 0.000000363. The maximum absolute atomic E-state index is 11.0. The predicted molar refractivity (Wildman–Crippen MR) is 282 cm³/mol. The van der Waals surface area contributed by atoms with Gasteiger partial charge in [-0.15, -0.1) is 0 Å². The van der Waals surface area contributed by atoms with Crippen molar-refractivity contribution < 1.29 is 97.0 Å². The summed E-state index contributed by atoms with van der Waals surface area (Å²) < 4.78 is 58.6. The molecule has 1 aliphatic rings. The Morgan fingerprint density at radius 1 is 0.562 bits per heavy atom. The van der Waals surface area contributed by atoms with Crippen molar-refractivity contribution in [2.45, 2.75) is 40.6 Å². The van der Waals surface area contributed by atoms with Crippen molar-refractivity contribution in [3.63, 3.8) is 0 Å². The molecule has 0 aliphatic carbocycles. The number of fused-ring (bicyclic) bond motifs is 1. The summed E-state index contributed by atoms with van der Waals surface area (Å²) in [6.45, 7) is 24.8. The summed E-state index contributed by atoms with van der Waals surface area (Å²) in [6, 6.07) is 22.6. The Labute approximate surface area is 458 Å². The number of benzene rings is 3. The van der Waals surface area contributed by atoms with Crippen molar-refractivity contribution in [3.05, 3.63) is 142 Å². The summed E-state index contributed by atoms with van der Waals surface area (Å²) in [7, 11) is -4.38. The molecule has 1 aliphatic heterocycles. The second-order valence-corrected chi connectivity index (χ2v) is 16.0. The van der Waals surface area contributed by atoms with Crippen molar-refractivity contribution in [2.24, 2.45) is 0 Å². The third-order valence-corrected chi connectivity index (χ3v) is 10.5. The van der Waals surface area contributed by atoms with Crippen LogP contribution in [0.25, 0.3) is 14.5 Å². The van der Waals surface area contributed by atoms with Crippen LogP contribution in [0.3, 0.4) is 0 Å². The van der Waals surface area contributed by atoms with Crippen molar-refractivity contribution in [2.75, 3.05) is 39.6 Å². The Hall–Kier alpha value is -9.34. The van der Waals surface area contributed by atoms with Gasteiger partial charge in [-0.2, -0.15) is 15.0 Å². The molecule has 0 bridgehead atoms. The average Bonchev–Trinajstić information content (AvgIpc) is 3.82. The predicted octanol–water partition coefficient (Wildman–Crippen LogP) is 2.88. The summed E-state index contributed by atoms with van der Waals surface area (Å²) >= 11 is 0. The first kappa shape index (κ1) is 61.5. The minimum Gasteiger partial charge on any atom is -0.483 e. The summed E-state index contributed by atoms with van der Waals surface area (Å²) in [4.78, 5) is 55.3. The third-order valence-electron chi connectivity index (χ3n) is 10.5. The number of pyridine rings is 3. The van der Waals surface area contributed by atoms with Gasteiger partial charge in [0.15, 0.2) is 0 Å². The molecular weight excluding hydrogens is 1050 g/mol. The average molecular weight is 1100 g/mol. The number of hydrogen-bond acceptors (Lipinski definition) is 22. The molecule has 0 saturated carbocycles. The standard InChI is InChI=1S/C34H32B2N4O13.C17H15BN2O6.H2O/c1-21(43)47-13-15-49-33-29(37-3)9-11-31(39-33)51-25-5-7-27(23(17-25)19-41)35(45)53-36(46)28-8-6-26(18-24(28)20-42)52-32-12-10-30(38-4)34(40-32)50-16-14-48-22(2)44;1-11(21)23-7-8-24-17-15(19-2)5-6-16(20-17)26-13-3-4-14-12(9-13)10-25-18(14)22;/h5-12,17-18,41-42,45-46H,13-16,19-20H2,1-2H3;3-6,9,22H,7-8,10H2,1H3;1H2. The molecule has 3 aromatic heterocycles. The van der Waals surface area contributed by atoms with Gasteiger partial charge in [0.25, 0.3) is 0 Å². The molecule has 80 heavy (non-hydrogen) atoms. The van der Waals surface area contributed by atoms with E-state index in [1.165, 1.54) is 87.5 Å². The second kappa shape index (κ2) is 30.6. The summed E-state index contributed by atoms with van der Waals surface area (Å²) in [5.41, 5.74) is 2.59. The SMILES string of the molecule is O.[C-]#[N+]c1ccc(Oc2ccc(B(O)OB(O)c3ccc(Oc4ccc([N+]#[C-])c(OCCOC(C)=O)n4)cc3CO)c(CO)c2)nc1OCCOC(C)=O.[C-]#[N+]c1ccc(Oc2ccc3c(c2)COB3O)nc1OCCOC(C)=O. The van der Waals surface area contributed by atoms with E-state index in [1.54, 1.807) is 24.3 Å². The van der Waals surface area contributed by atoms with Gasteiger partial charge in [0.05, 0.1) is 39.5 Å². The topological polar surface area (TPSA) is 337 Å². The zero-order chi connectivity index (χ0) is 56.8. The molecule has 29 heteroatoms. The Kier molecular flexibility index (Phi) is 23.5. The smallest absolute Gasteiger partial charge is 0.483 e. The minimum absolute atomic E-state index is 0. The molecule has 3 aromatic carbocycles. The molecule has 0 fully saturated rings. The summed E-state index contributed by atoms with van der Waals surface area (Å²) in [6.07, 6.45) is 0. The van der Waals surface area contributed by atoms with Crippen LogP contribution in [0, 0.1) is 19.7 Å². The van der Waals surface area contributed by atoms with Crippen LogP contribution in [0.2, 0.25) is 0 Å². The Morgan fingerprint density at radius 2 is 0.925 bits per heavy atom. The van der Waals surface area contributed by atoms with Gasteiger partial charge >= 0.3 is 39.3 Å². The van der Waals surface area contributed by atoms with Gasteiger partial charge in [0, 0.05) is 20.8 Å². The second-order valence-electron chi connectivity index (χ2n) is 16.0. The normalized spacial score (nSPS) is 10.8. The maximum atomic E-state index is 11.0. The summed E-state index contributed by atoms with van der Waals surface area (Å²) in [5, 5.41) is 51.5. The number of carbonyl (C=O) groups excluding carboxylic acids is 3. The highest BCUT2D eigenvalue weighted by molar-refractivity contribution is 6.73. The van der Waals surface area contributed by atoms with Gasteiger partial charge in [-0.25, -0.2) is 14.5 Å². The van der Waals surface area contributed by atoms with E-state index in [2.05, 4.69) is 29.5 Å². The lowest BCUT2D eigenvalue weighted by Crippen LogP contribution is -2.47. The molecule has 7 N–H and O–H groups in total. The summed E-state index contributed by atoms with van der Waals surface area (Å²) in [5.74, 6) is -0.0621. The fourth-order valence-corrected chi connectivity index (χ4v) is 6.91. The van der Waals surface area contributed by atoms with E-state index in [-0.39, 0.29) is 131 Å². The zero-order valence-electron chi connectivity index (χ0n) is 42.9. The van der Waals surface area contributed by atoms with Crippen LogP contribution < -0.4 is 44.8 Å². The van der Waals surface area contributed by atoms with E-state index in [4.69, 9.17) is 71.6 Å². The van der Waals surface area contributed by atoms with E-state index in [9.17, 15) is 39.7 Å². The number of nitrogens with zero attached hydrogens (tertiary/aromatic N) is 6. The van der Waals surface area contributed by atoms with Gasteiger partial charge in [0.2, 0.25) is 52.3 Å². The van der Waals surface area contributed by atoms with E-state index in [1.807, 2.05) is 0 Å². The van der Waals surface area contributed by atoms with Crippen LogP contribution in [-0.4, -0.2) is 125 Å². The van der Waals surface area contributed by atoms with Crippen LogP contribution in [0.5, 0.6) is 52.5 Å². The Morgan fingerprint density at radius 3 is 1.27 bits per heavy atom. The molecule has 6 aromatic rings. The zero-order valence-corrected chi connectivity index (χ0v) is 42.9. The van der Waals surface area contributed by atoms with Crippen LogP contribution >= 0.6 is 0 Å². The molecule has 0 radical (unpaired) electrons. The van der Waals surface area contributed by atoms with Gasteiger partial charge in [-0.3, -0.25) is 14.4 Å². The number of aromatic nitrogens is 3. The number of ether oxygens (including phenoxy) is 9. The fourth-order valence-electron chi connectivity index (χ4n) is 6.91. The molecule has 0 unspecified atom stereocenters. The van der Waals surface area contributed by atoms with Crippen LogP contribution in [-0.2, 0) is 57.6 Å². The van der Waals surface area contributed by atoms with Crippen molar-refractivity contribution in [1.82, 2.24) is 15.0 Å². The fraction of sp³-hybridized carbons (Fsp3) is 0.235. The van der Waals surface area contributed by atoms with Gasteiger partial charge in [-0.1, -0.05) is 18.2 Å². The Bertz CT molecular complexity index is 3130. The minimum atomic E-state index is -1.73. The van der Waals surface area contributed by atoms with E-state index < -0.39 is 52.5 Å². The maximum Gasteiger partial charge on any atom is 0.491 e. The van der Waals surface area contributed by atoms with Crippen LogP contribution in [0.1, 0.15) is 37.5 Å². The molecular formula is C51H49B3N6O20. The van der Waals surface area contributed by atoms with Gasteiger partial charge in [0.1, 0.15) is 56.9 Å². The van der Waals surface area contributed by atoms with Crippen LogP contribution in [0.15, 0.2) is 91.0 Å². The molecule has 0 saturated heterocycles. The van der Waals surface area contributed by atoms with E-state index in [0.29, 0.717) is 17.8 Å². The third kappa shape index (κ3) is 17.9.